The molecule has 8 aromatic carbocycles. The smallest absolute Gasteiger partial charge is 0.159 e. The van der Waals surface area contributed by atoms with Crippen molar-refractivity contribution in [3.63, 3.8) is 0 Å². The molecule has 1 atom stereocenters. The summed E-state index contributed by atoms with van der Waals surface area (Å²) in [4.78, 5) is 10.1. The molecule has 1 N–H and O–H groups in total. The lowest BCUT2D eigenvalue weighted by atomic mass is 10.00. The van der Waals surface area contributed by atoms with Crippen molar-refractivity contribution in [2.75, 3.05) is 0 Å². The Bertz CT molecular complexity index is 3390. The van der Waals surface area contributed by atoms with Crippen LogP contribution in [0.1, 0.15) is 22.9 Å². The molecule has 0 spiro atoms. The van der Waals surface area contributed by atoms with Gasteiger partial charge in [0.25, 0.3) is 0 Å². The molecular formula is C51H32N4OS. The molecular weight excluding hydrogens is 717 g/mol. The molecule has 4 heterocycles. The first-order valence-corrected chi connectivity index (χ1v) is 20.0. The molecule has 0 radical (unpaired) electrons. The van der Waals surface area contributed by atoms with Crippen molar-refractivity contribution in [2.45, 2.75) is 6.17 Å². The zero-order valence-electron chi connectivity index (χ0n) is 30.6. The van der Waals surface area contributed by atoms with Crippen LogP contribution in [0.25, 0.3) is 80.7 Å². The average Bonchev–Trinajstić information content (AvgIpc) is 3.95. The highest BCUT2D eigenvalue weighted by Crippen LogP contribution is 2.43. The zero-order valence-corrected chi connectivity index (χ0v) is 31.4. The number of amidine groups is 2. The fraction of sp³-hybridized carbons (Fsp3) is 0.0196. The number of benzene rings is 8. The van der Waals surface area contributed by atoms with Gasteiger partial charge in [0.2, 0.25) is 0 Å². The number of fused-ring (bicyclic) bond motifs is 9. The van der Waals surface area contributed by atoms with Crippen molar-refractivity contribution < 1.29 is 4.42 Å². The zero-order chi connectivity index (χ0) is 37.5. The van der Waals surface area contributed by atoms with Crippen molar-refractivity contribution >= 4 is 86.9 Å². The fourth-order valence-electron chi connectivity index (χ4n) is 8.57. The molecule has 0 bridgehead atoms. The Labute approximate surface area is 331 Å². The number of nitrogens with one attached hydrogen (secondary N) is 1. The first-order chi connectivity index (χ1) is 28.2. The molecule has 0 amide bonds. The number of nitrogens with zero attached hydrogens (tertiary/aromatic N) is 3. The van der Waals surface area contributed by atoms with Gasteiger partial charge in [-0.15, -0.1) is 11.3 Å². The summed E-state index contributed by atoms with van der Waals surface area (Å²) in [5, 5.41) is 10.8. The van der Waals surface area contributed by atoms with E-state index >= 15 is 0 Å². The van der Waals surface area contributed by atoms with Gasteiger partial charge in [0.15, 0.2) is 5.84 Å². The van der Waals surface area contributed by atoms with Gasteiger partial charge in [-0.3, -0.25) is 0 Å². The van der Waals surface area contributed by atoms with E-state index in [0.717, 1.165) is 50.0 Å². The first kappa shape index (κ1) is 32.0. The van der Waals surface area contributed by atoms with Crippen LogP contribution in [0.2, 0.25) is 0 Å². The number of aliphatic imine (C=N–C) groups is 2. The minimum absolute atomic E-state index is 0.329. The quantitative estimate of drug-likeness (QED) is 0.191. The van der Waals surface area contributed by atoms with E-state index in [9.17, 15) is 0 Å². The topological polar surface area (TPSA) is 54.8 Å². The van der Waals surface area contributed by atoms with Gasteiger partial charge >= 0.3 is 0 Å². The SMILES string of the molecule is c1ccc(C2=NC(c3ccc4oc5ccc(-c6cccc7c6sc6cc(-n8c9ccccc9c9ccccc98)ccc67)cc5c4c3)NC(c3ccccc3)=N2)cc1. The van der Waals surface area contributed by atoms with Gasteiger partial charge in [-0.1, -0.05) is 133 Å². The lowest BCUT2D eigenvalue weighted by molar-refractivity contribution is 0.663. The highest BCUT2D eigenvalue weighted by atomic mass is 32.1. The van der Waals surface area contributed by atoms with E-state index in [1.165, 1.54) is 53.2 Å². The van der Waals surface area contributed by atoms with E-state index < -0.39 is 0 Å². The lowest BCUT2D eigenvalue weighted by Crippen LogP contribution is -2.33. The van der Waals surface area contributed by atoms with Crippen LogP contribution in [0.15, 0.2) is 196 Å². The number of para-hydroxylation sites is 2. The van der Waals surface area contributed by atoms with E-state index in [4.69, 9.17) is 14.4 Å². The molecule has 0 saturated heterocycles. The van der Waals surface area contributed by atoms with Crippen LogP contribution in [0.4, 0.5) is 0 Å². The van der Waals surface area contributed by atoms with Gasteiger partial charge in [0.05, 0.1) is 11.0 Å². The molecule has 0 fully saturated rings. The molecule has 1 unspecified atom stereocenters. The largest absolute Gasteiger partial charge is 0.456 e. The van der Waals surface area contributed by atoms with E-state index in [-0.39, 0.29) is 6.17 Å². The highest BCUT2D eigenvalue weighted by Gasteiger charge is 2.23. The average molecular weight is 749 g/mol. The van der Waals surface area contributed by atoms with E-state index in [2.05, 4.69) is 155 Å². The Morgan fingerprint density at radius 3 is 1.95 bits per heavy atom. The molecule has 268 valence electrons. The molecule has 0 saturated carbocycles. The predicted molar refractivity (Wildman–Crippen MR) is 238 cm³/mol. The highest BCUT2D eigenvalue weighted by molar-refractivity contribution is 7.26. The van der Waals surface area contributed by atoms with Crippen molar-refractivity contribution in [1.29, 1.82) is 0 Å². The molecule has 5 nitrogen and oxygen atoms in total. The van der Waals surface area contributed by atoms with E-state index in [1.807, 2.05) is 47.7 Å². The summed E-state index contributed by atoms with van der Waals surface area (Å²) < 4.78 is 11.4. The van der Waals surface area contributed by atoms with Crippen molar-refractivity contribution in [2.24, 2.45) is 9.98 Å². The molecule has 1 aliphatic heterocycles. The number of hydrogen-bond donors (Lipinski definition) is 1. The van der Waals surface area contributed by atoms with Gasteiger partial charge < -0.3 is 14.3 Å². The molecule has 12 rings (SSSR count). The lowest BCUT2D eigenvalue weighted by Gasteiger charge is -2.23. The van der Waals surface area contributed by atoms with Gasteiger partial charge in [-0.05, 0) is 65.2 Å². The summed E-state index contributed by atoms with van der Waals surface area (Å²) in [6, 6.07) is 64.4. The molecule has 57 heavy (non-hydrogen) atoms. The number of rotatable bonds is 5. The Kier molecular flexibility index (Phi) is 7.09. The first-order valence-electron chi connectivity index (χ1n) is 19.2. The minimum Gasteiger partial charge on any atom is -0.456 e. The number of aromatic nitrogens is 1. The molecule has 6 heteroatoms. The second-order valence-corrected chi connectivity index (χ2v) is 15.6. The van der Waals surface area contributed by atoms with Gasteiger partial charge in [-0.2, -0.15) is 0 Å². The Balaban J connectivity index is 0.961. The van der Waals surface area contributed by atoms with Crippen LogP contribution in [0.3, 0.4) is 0 Å². The monoisotopic (exact) mass is 748 g/mol. The van der Waals surface area contributed by atoms with Crippen LogP contribution in [-0.2, 0) is 0 Å². The summed E-state index contributed by atoms with van der Waals surface area (Å²) >= 11 is 1.86. The van der Waals surface area contributed by atoms with Crippen molar-refractivity contribution in [3.05, 3.63) is 199 Å². The van der Waals surface area contributed by atoms with Crippen molar-refractivity contribution in [1.82, 2.24) is 9.88 Å². The minimum atomic E-state index is -0.329. The van der Waals surface area contributed by atoms with Crippen LogP contribution in [0, 0.1) is 0 Å². The van der Waals surface area contributed by atoms with E-state index in [0.29, 0.717) is 5.84 Å². The number of furan rings is 1. The van der Waals surface area contributed by atoms with Crippen LogP contribution >= 0.6 is 11.3 Å². The van der Waals surface area contributed by atoms with E-state index in [1.54, 1.807) is 0 Å². The third kappa shape index (κ3) is 5.15. The standard InChI is InChI=1S/C51H32N4OS/c1-3-12-31(13-4-1)49-52-50(32-14-5-2-6-15-32)54-51(53-49)34-23-27-46-42(29-34)41-28-33(22-26-45(41)56-46)36-18-11-19-40-39-25-24-35(30-47(39)57-48(36)40)55-43-20-9-7-16-37(43)38-17-8-10-21-44(38)55/h1-30,51H,(H,52,53,54). The maximum atomic E-state index is 6.43. The number of thiophene rings is 1. The molecule has 3 aromatic heterocycles. The molecule has 11 aromatic rings. The summed E-state index contributed by atoms with van der Waals surface area (Å²) in [5.74, 6) is 1.50. The maximum absolute atomic E-state index is 6.43. The van der Waals surface area contributed by atoms with Crippen LogP contribution in [-0.4, -0.2) is 16.2 Å². The third-order valence-electron chi connectivity index (χ3n) is 11.3. The van der Waals surface area contributed by atoms with Gasteiger partial charge in [-0.25, -0.2) is 9.98 Å². The normalized spacial score (nSPS) is 14.5. The summed E-state index contributed by atoms with van der Waals surface area (Å²) in [6.45, 7) is 0. The van der Waals surface area contributed by atoms with Crippen LogP contribution in [0.5, 0.6) is 0 Å². The predicted octanol–water partition coefficient (Wildman–Crippen LogP) is 13.2. The molecule has 1 aliphatic rings. The second-order valence-electron chi connectivity index (χ2n) is 14.6. The third-order valence-corrected chi connectivity index (χ3v) is 12.5. The Hall–Kier alpha value is -7.28. The maximum Gasteiger partial charge on any atom is 0.159 e. The van der Waals surface area contributed by atoms with Gasteiger partial charge in [0.1, 0.15) is 23.2 Å². The Morgan fingerprint density at radius 2 is 1.18 bits per heavy atom. The van der Waals surface area contributed by atoms with Crippen molar-refractivity contribution in [3.8, 4) is 16.8 Å². The fourth-order valence-corrected chi connectivity index (χ4v) is 9.84. The summed E-state index contributed by atoms with van der Waals surface area (Å²) in [7, 11) is 0. The Morgan fingerprint density at radius 1 is 0.509 bits per heavy atom. The molecule has 0 aliphatic carbocycles. The summed E-state index contributed by atoms with van der Waals surface area (Å²) in [6.07, 6.45) is -0.329. The van der Waals surface area contributed by atoms with Gasteiger partial charge in [0, 0.05) is 58.5 Å². The number of hydrogen-bond acceptors (Lipinski definition) is 5. The van der Waals surface area contributed by atoms with Crippen LogP contribution < -0.4 is 5.32 Å². The second kappa shape index (κ2) is 12.6. The summed E-state index contributed by atoms with van der Waals surface area (Å²) in [5.41, 5.74) is 10.7.